The maximum Gasteiger partial charge on any atom is 0.210 e. The van der Waals surface area contributed by atoms with Crippen molar-refractivity contribution in [2.75, 3.05) is 18.2 Å². The Morgan fingerprint density at radius 3 is 2.81 bits per heavy atom. The lowest BCUT2D eigenvalue weighted by Crippen LogP contribution is -2.04. The Balaban J connectivity index is 1.61. The standard InChI is InChI=1S/C18H20N4O2S2/c1-11-8-15(12(2)22(11)3)16(23)10-25-18-21-20-17(26-18)19-13-6-5-7-14(9-13)24-4/h5-9H,10H2,1-4H3,(H,19,20). The number of aryl methyl sites for hydroxylation is 1. The lowest BCUT2D eigenvalue weighted by molar-refractivity contribution is 0.102. The number of Topliss-reactive ketones (excluding diaryl/α,β-unsaturated/α-hetero) is 1. The number of hydrogen-bond donors (Lipinski definition) is 1. The molecule has 26 heavy (non-hydrogen) atoms. The van der Waals surface area contributed by atoms with Crippen molar-refractivity contribution in [3.63, 3.8) is 0 Å². The molecule has 0 saturated carbocycles. The molecule has 0 atom stereocenters. The third-order valence-corrected chi connectivity index (χ3v) is 6.10. The minimum Gasteiger partial charge on any atom is -0.497 e. The zero-order valence-corrected chi connectivity index (χ0v) is 16.7. The van der Waals surface area contributed by atoms with Crippen LogP contribution in [0.2, 0.25) is 0 Å². The van der Waals surface area contributed by atoms with Crippen molar-refractivity contribution < 1.29 is 9.53 Å². The molecule has 1 N–H and O–H groups in total. The van der Waals surface area contributed by atoms with Crippen LogP contribution in [0.3, 0.4) is 0 Å². The zero-order valence-electron chi connectivity index (χ0n) is 15.1. The van der Waals surface area contributed by atoms with Crippen molar-refractivity contribution in [1.29, 1.82) is 0 Å². The van der Waals surface area contributed by atoms with Crippen LogP contribution < -0.4 is 10.1 Å². The number of ether oxygens (including phenoxy) is 1. The van der Waals surface area contributed by atoms with Crippen LogP contribution in [0.4, 0.5) is 10.8 Å². The van der Waals surface area contributed by atoms with Gasteiger partial charge in [0.2, 0.25) is 5.13 Å². The smallest absolute Gasteiger partial charge is 0.210 e. The molecule has 6 nitrogen and oxygen atoms in total. The van der Waals surface area contributed by atoms with Crippen LogP contribution in [0.5, 0.6) is 5.75 Å². The number of nitrogens with zero attached hydrogens (tertiary/aromatic N) is 3. The average Bonchev–Trinajstić information content (AvgIpc) is 3.19. The molecule has 0 aliphatic heterocycles. The molecule has 3 aromatic rings. The molecule has 2 heterocycles. The number of anilines is 2. The molecule has 0 amide bonds. The normalized spacial score (nSPS) is 10.8. The van der Waals surface area contributed by atoms with E-state index in [1.54, 1.807) is 7.11 Å². The third-order valence-electron chi connectivity index (χ3n) is 4.13. The SMILES string of the molecule is COc1cccc(Nc2nnc(SCC(=O)c3cc(C)n(C)c3C)s2)c1. The van der Waals surface area contributed by atoms with E-state index in [-0.39, 0.29) is 5.78 Å². The highest BCUT2D eigenvalue weighted by Crippen LogP contribution is 2.29. The van der Waals surface area contributed by atoms with E-state index in [1.807, 2.05) is 55.8 Å². The molecule has 2 aromatic heterocycles. The largest absolute Gasteiger partial charge is 0.497 e. The first-order valence-corrected chi connectivity index (χ1v) is 9.81. The first-order chi connectivity index (χ1) is 12.5. The van der Waals surface area contributed by atoms with Crippen LogP contribution in [-0.4, -0.2) is 33.4 Å². The third kappa shape index (κ3) is 4.08. The summed E-state index contributed by atoms with van der Waals surface area (Å²) in [6.07, 6.45) is 0. The maximum absolute atomic E-state index is 12.5. The van der Waals surface area contributed by atoms with Gasteiger partial charge < -0.3 is 14.6 Å². The van der Waals surface area contributed by atoms with Crippen LogP contribution >= 0.6 is 23.1 Å². The maximum atomic E-state index is 12.5. The molecule has 0 spiro atoms. The summed E-state index contributed by atoms with van der Waals surface area (Å²) < 4.78 is 7.99. The van der Waals surface area contributed by atoms with Gasteiger partial charge in [0, 0.05) is 35.8 Å². The number of carbonyl (C=O) groups is 1. The first-order valence-electron chi connectivity index (χ1n) is 8.01. The van der Waals surface area contributed by atoms with E-state index >= 15 is 0 Å². The molecular weight excluding hydrogens is 368 g/mol. The summed E-state index contributed by atoms with van der Waals surface area (Å²) in [4.78, 5) is 12.5. The van der Waals surface area contributed by atoms with E-state index in [2.05, 4.69) is 15.5 Å². The number of benzene rings is 1. The fraction of sp³-hybridized carbons (Fsp3) is 0.278. The van der Waals surface area contributed by atoms with E-state index < -0.39 is 0 Å². The van der Waals surface area contributed by atoms with Gasteiger partial charge >= 0.3 is 0 Å². The van der Waals surface area contributed by atoms with Gasteiger partial charge in [0.25, 0.3) is 0 Å². The second-order valence-electron chi connectivity index (χ2n) is 5.79. The Labute approximate surface area is 160 Å². The Morgan fingerprint density at radius 2 is 2.12 bits per heavy atom. The van der Waals surface area contributed by atoms with Crippen LogP contribution in [0, 0.1) is 13.8 Å². The summed E-state index contributed by atoms with van der Waals surface area (Å²) in [5.74, 6) is 1.22. The van der Waals surface area contributed by atoms with Crippen molar-refractivity contribution in [2.24, 2.45) is 7.05 Å². The molecule has 8 heteroatoms. The Kier molecular flexibility index (Phi) is 5.63. The van der Waals surface area contributed by atoms with Gasteiger partial charge in [-0.3, -0.25) is 4.79 Å². The quantitative estimate of drug-likeness (QED) is 0.483. The Hall–Kier alpha value is -2.32. The number of rotatable bonds is 7. The van der Waals surface area contributed by atoms with Gasteiger partial charge in [-0.2, -0.15) is 0 Å². The minimum absolute atomic E-state index is 0.105. The van der Waals surface area contributed by atoms with Gasteiger partial charge in [-0.15, -0.1) is 10.2 Å². The second kappa shape index (κ2) is 7.92. The summed E-state index contributed by atoms with van der Waals surface area (Å²) in [5, 5.41) is 12.2. The molecule has 0 aliphatic rings. The molecule has 0 bridgehead atoms. The molecule has 0 fully saturated rings. The first kappa shape index (κ1) is 18.5. The summed E-state index contributed by atoms with van der Waals surface area (Å²) >= 11 is 2.83. The van der Waals surface area contributed by atoms with E-state index in [1.165, 1.54) is 23.1 Å². The monoisotopic (exact) mass is 388 g/mol. The second-order valence-corrected chi connectivity index (χ2v) is 7.99. The van der Waals surface area contributed by atoms with Crippen molar-refractivity contribution in [1.82, 2.24) is 14.8 Å². The molecule has 0 saturated heterocycles. The highest BCUT2D eigenvalue weighted by Gasteiger charge is 2.15. The molecule has 0 radical (unpaired) electrons. The summed E-state index contributed by atoms with van der Waals surface area (Å²) in [5.41, 5.74) is 3.72. The molecule has 3 rings (SSSR count). The van der Waals surface area contributed by atoms with E-state index in [4.69, 9.17) is 4.74 Å². The van der Waals surface area contributed by atoms with Crippen LogP contribution in [-0.2, 0) is 7.05 Å². The van der Waals surface area contributed by atoms with Gasteiger partial charge in [0.1, 0.15) is 5.75 Å². The number of carbonyl (C=O) groups excluding carboxylic acids is 1. The van der Waals surface area contributed by atoms with Crippen molar-refractivity contribution in [3.05, 3.63) is 47.3 Å². The Morgan fingerprint density at radius 1 is 1.31 bits per heavy atom. The molecule has 0 unspecified atom stereocenters. The Bertz CT molecular complexity index is 933. The lowest BCUT2D eigenvalue weighted by Gasteiger charge is -2.04. The summed E-state index contributed by atoms with van der Waals surface area (Å²) in [6.45, 7) is 3.96. The summed E-state index contributed by atoms with van der Waals surface area (Å²) in [7, 11) is 3.60. The van der Waals surface area contributed by atoms with Gasteiger partial charge in [0.15, 0.2) is 10.1 Å². The van der Waals surface area contributed by atoms with Crippen LogP contribution in [0.25, 0.3) is 0 Å². The number of ketones is 1. The number of hydrogen-bond acceptors (Lipinski definition) is 7. The zero-order chi connectivity index (χ0) is 18.7. The van der Waals surface area contributed by atoms with Gasteiger partial charge in [-0.05, 0) is 32.0 Å². The highest BCUT2D eigenvalue weighted by molar-refractivity contribution is 8.01. The van der Waals surface area contributed by atoms with E-state index in [0.29, 0.717) is 10.9 Å². The van der Waals surface area contributed by atoms with E-state index in [0.717, 1.165) is 32.7 Å². The fourth-order valence-electron chi connectivity index (χ4n) is 2.49. The van der Waals surface area contributed by atoms with Gasteiger partial charge in [-0.25, -0.2) is 0 Å². The number of nitrogens with one attached hydrogen (secondary N) is 1. The van der Waals surface area contributed by atoms with Crippen LogP contribution in [0.15, 0.2) is 34.7 Å². The topological polar surface area (TPSA) is 69.0 Å². The molecular formula is C18H20N4O2S2. The van der Waals surface area contributed by atoms with Crippen molar-refractivity contribution in [2.45, 2.75) is 18.2 Å². The average molecular weight is 389 g/mol. The molecule has 0 aliphatic carbocycles. The molecule has 136 valence electrons. The lowest BCUT2D eigenvalue weighted by atomic mass is 10.2. The fourth-order valence-corrected chi connectivity index (χ4v) is 4.14. The molecule has 1 aromatic carbocycles. The van der Waals surface area contributed by atoms with Crippen LogP contribution in [0.1, 0.15) is 21.7 Å². The van der Waals surface area contributed by atoms with E-state index in [9.17, 15) is 4.79 Å². The minimum atomic E-state index is 0.105. The number of aromatic nitrogens is 3. The summed E-state index contributed by atoms with van der Waals surface area (Å²) in [6, 6.07) is 9.54. The van der Waals surface area contributed by atoms with Crippen molar-refractivity contribution in [3.8, 4) is 5.75 Å². The predicted molar refractivity (Wildman–Crippen MR) is 106 cm³/mol. The number of thioether (sulfide) groups is 1. The number of methoxy groups -OCH3 is 1. The predicted octanol–water partition coefficient (Wildman–Crippen LogP) is 4.22. The van der Waals surface area contributed by atoms with Gasteiger partial charge in [-0.1, -0.05) is 29.2 Å². The highest BCUT2D eigenvalue weighted by atomic mass is 32.2. The van der Waals surface area contributed by atoms with Gasteiger partial charge in [0.05, 0.1) is 12.9 Å². The van der Waals surface area contributed by atoms with Crippen molar-refractivity contribution >= 4 is 39.7 Å².